The van der Waals surface area contributed by atoms with Crippen molar-refractivity contribution in [2.75, 3.05) is 12.4 Å². The summed E-state index contributed by atoms with van der Waals surface area (Å²) in [5.74, 6) is 0.568. The van der Waals surface area contributed by atoms with Crippen LogP contribution in [0.25, 0.3) is 0 Å². The Kier molecular flexibility index (Phi) is 2.72. The smallest absolute Gasteiger partial charge is 0.191 e. The van der Waals surface area contributed by atoms with Crippen LogP contribution in [0.1, 0.15) is 0 Å². The van der Waals surface area contributed by atoms with E-state index in [1.165, 1.54) is 11.8 Å². The summed E-state index contributed by atoms with van der Waals surface area (Å²) in [6.07, 6.45) is 0.300. The second-order valence-corrected chi connectivity index (χ2v) is 3.16. The summed E-state index contributed by atoms with van der Waals surface area (Å²) < 4.78 is 4.93. The summed E-state index contributed by atoms with van der Waals surface area (Å²) >= 11 is 1.30. The van der Waals surface area contributed by atoms with Crippen LogP contribution in [0.5, 0.6) is 0 Å². The van der Waals surface area contributed by atoms with E-state index in [1.54, 1.807) is 0 Å². The minimum Gasteiger partial charge on any atom is -0.372 e. The van der Waals surface area contributed by atoms with Crippen molar-refractivity contribution in [2.24, 2.45) is 5.73 Å². The fraction of sp³-hybridized carbons (Fsp3) is 0.600. The highest BCUT2D eigenvalue weighted by atomic mass is 32.2. The lowest BCUT2D eigenvalue weighted by molar-refractivity contribution is 0.426. The fourth-order valence-electron chi connectivity index (χ4n) is 0.499. The maximum atomic E-state index is 7.22. The van der Waals surface area contributed by atoms with E-state index in [1.807, 2.05) is 0 Å². The van der Waals surface area contributed by atoms with Gasteiger partial charge in [-0.15, -0.1) is 0 Å². The summed E-state index contributed by atoms with van der Waals surface area (Å²) in [4.78, 5) is 0. The third-order valence-corrected chi connectivity index (χ3v) is 1.99. The Hall–Kier alpha value is -0.750. The van der Waals surface area contributed by atoms with Gasteiger partial charge in [-0.1, -0.05) is 11.8 Å². The molecule has 0 radical (unpaired) electrons. The number of epoxide rings is 1. The number of hydrogen-bond donors (Lipinski definition) is 4. The second kappa shape index (κ2) is 3.59. The van der Waals surface area contributed by atoms with Crippen LogP contribution in [-0.4, -0.2) is 29.6 Å². The Labute approximate surface area is 68.7 Å². The number of ether oxygens (including phenoxy) is 1. The topological polar surface area (TPSA) is 98.3 Å². The van der Waals surface area contributed by atoms with Crippen LogP contribution in [0.15, 0.2) is 0 Å². The maximum absolute atomic E-state index is 7.22. The van der Waals surface area contributed by atoms with Gasteiger partial charge in [-0.2, -0.15) is 0 Å². The lowest BCUT2D eigenvalue weighted by Crippen LogP contribution is -2.33. The molecule has 1 saturated heterocycles. The predicted molar refractivity (Wildman–Crippen MR) is 45.0 cm³/mol. The summed E-state index contributed by atoms with van der Waals surface area (Å²) in [5, 5.41) is 16.6. The van der Waals surface area contributed by atoms with Crippen molar-refractivity contribution in [3.8, 4) is 0 Å². The van der Waals surface area contributed by atoms with Crippen LogP contribution in [0.2, 0.25) is 0 Å². The van der Waals surface area contributed by atoms with Crippen LogP contribution >= 0.6 is 11.8 Å². The molecule has 0 bridgehead atoms. The van der Waals surface area contributed by atoms with E-state index < -0.39 is 0 Å². The molecular weight excluding hydrogens is 164 g/mol. The summed E-state index contributed by atoms with van der Waals surface area (Å²) in [7, 11) is 0. The number of nitrogens with two attached hydrogens (primary N) is 1. The van der Waals surface area contributed by atoms with E-state index in [0.717, 1.165) is 12.4 Å². The third kappa shape index (κ3) is 3.84. The average molecular weight is 174 g/mol. The summed E-state index contributed by atoms with van der Waals surface area (Å²) in [5.41, 5.74) is 5.00. The molecule has 5 N–H and O–H groups in total. The first-order valence-electron chi connectivity index (χ1n) is 3.12. The molecule has 1 fully saturated rings. The van der Waals surface area contributed by atoms with Crippen molar-refractivity contribution >= 4 is 22.9 Å². The van der Waals surface area contributed by atoms with Gasteiger partial charge in [-0.25, -0.2) is 0 Å². The summed E-state index contributed by atoms with van der Waals surface area (Å²) in [6, 6.07) is 0. The number of guanidine groups is 1. The molecular formula is C5H10N4OS. The van der Waals surface area contributed by atoms with E-state index in [-0.39, 0.29) is 11.1 Å². The van der Waals surface area contributed by atoms with Crippen LogP contribution in [0, 0.1) is 10.8 Å². The Balaban J connectivity index is 2.04. The van der Waals surface area contributed by atoms with Crippen LogP contribution in [0.4, 0.5) is 0 Å². The molecule has 0 aromatic heterocycles. The molecule has 1 aliphatic rings. The van der Waals surface area contributed by atoms with E-state index in [9.17, 15) is 0 Å². The third-order valence-electron chi connectivity index (χ3n) is 1.06. The van der Waals surface area contributed by atoms with Crippen molar-refractivity contribution in [3.63, 3.8) is 0 Å². The molecule has 0 aromatic carbocycles. The molecule has 0 aliphatic carbocycles. The van der Waals surface area contributed by atoms with Crippen LogP contribution in [-0.2, 0) is 4.74 Å². The van der Waals surface area contributed by atoms with Crippen molar-refractivity contribution in [1.29, 1.82) is 10.8 Å². The van der Waals surface area contributed by atoms with Gasteiger partial charge in [-0.05, 0) is 0 Å². The van der Waals surface area contributed by atoms with E-state index in [2.05, 4.69) is 5.32 Å². The lowest BCUT2D eigenvalue weighted by Gasteiger charge is -2.02. The number of amidine groups is 1. The fourth-order valence-corrected chi connectivity index (χ4v) is 1.23. The summed E-state index contributed by atoms with van der Waals surface area (Å²) in [6.45, 7) is 0.792. The van der Waals surface area contributed by atoms with Crippen molar-refractivity contribution in [1.82, 2.24) is 5.32 Å². The molecule has 62 valence electrons. The number of nitrogens with one attached hydrogen (secondary N) is 3. The quantitative estimate of drug-likeness (QED) is 0.258. The molecule has 1 aliphatic heterocycles. The normalized spacial score (nSPS) is 20.9. The number of thioether (sulfide) groups is 1. The Bertz CT molecular complexity index is 179. The first-order chi connectivity index (χ1) is 5.18. The first-order valence-corrected chi connectivity index (χ1v) is 4.11. The highest BCUT2D eigenvalue weighted by Gasteiger charge is 2.22. The van der Waals surface area contributed by atoms with Crippen LogP contribution in [0.3, 0.4) is 0 Å². The maximum Gasteiger partial charge on any atom is 0.191 e. The van der Waals surface area contributed by atoms with Gasteiger partial charge in [0.2, 0.25) is 0 Å². The van der Waals surface area contributed by atoms with Gasteiger partial charge < -0.3 is 15.8 Å². The van der Waals surface area contributed by atoms with Crippen molar-refractivity contribution in [3.05, 3.63) is 0 Å². The SMILES string of the molecule is N=C(N)NC(=N)SCC1CO1. The van der Waals surface area contributed by atoms with Gasteiger partial charge in [0.25, 0.3) is 0 Å². The predicted octanol–water partition coefficient (Wildman–Crippen LogP) is -0.464. The minimum absolute atomic E-state index is 0.195. The molecule has 0 aromatic rings. The molecule has 1 unspecified atom stereocenters. The average Bonchev–Trinajstić information content (AvgIpc) is 2.63. The molecule has 1 atom stereocenters. The van der Waals surface area contributed by atoms with Crippen molar-refractivity contribution < 1.29 is 4.74 Å². The van der Waals surface area contributed by atoms with Gasteiger partial charge >= 0.3 is 0 Å². The minimum atomic E-state index is -0.195. The molecule has 0 amide bonds. The molecule has 0 saturated carbocycles. The van der Waals surface area contributed by atoms with Gasteiger partial charge in [0.05, 0.1) is 12.7 Å². The van der Waals surface area contributed by atoms with E-state index >= 15 is 0 Å². The monoisotopic (exact) mass is 174 g/mol. The number of rotatable bonds is 2. The van der Waals surface area contributed by atoms with Gasteiger partial charge in [0.1, 0.15) is 0 Å². The zero-order chi connectivity index (χ0) is 8.27. The molecule has 0 spiro atoms. The number of hydrogen-bond acceptors (Lipinski definition) is 4. The highest BCUT2D eigenvalue weighted by Crippen LogP contribution is 2.15. The van der Waals surface area contributed by atoms with Crippen LogP contribution < -0.4 is 11.1 Å². The molecule has 1 heterocycles. The van der Waals surface area contributed by atoms with E-state index in [4.69, 9.17) is 21.3 Å². The van der Waals surface area contributed by atoms with Gasteiger partial charge in [0.15, 0.2) is 11.1 Å². The first kappa shape index (κ1) is 8.35. The molecule has 1 rings (SSSR count). The zero-order valence-corrected chi connectivity index (χ0v) is 6.70. The Morgan fingerprint density at radius 3 is 2.82 bits per heavy atom. The highest BCUT2D eigenvalue weighted by molar-refractivity contribution is 8.13. The lowest BCUT2D eigenvalue weighted by atomic mass is 10.6. The largest absolute Gasteiger partial charge is 0.372 e. The zero-order valence-electron chi connectivity index (χ0n) is 5.89. The molecule has 5 nitrogen and oxygen atoms in total. The Morgan fingerprint density at radius 1 is 1.73 bits per heavy atom. The van der Waals surface area contributed by atoms with Gasteiger partial charge in [-0.3, -0.25) is 10.8 Å². The molecule has 6 heteroatoms. The van der Waals surface area contributed by atoms with Gasteiger partial charge in [0, 0.05) is 5.75 Å². The molecule has 11 heavy (non-hydrogen) atoms. The van der Waals surface area contributed by atoms with Crippen molar-refractivity contribution in [2.45, 2.75) is 6.10 Å². The second-order valence-electron chi connectivity index (χ2n) is 2.13. The van der Waals surface area contributed by atoms with E-state index in [0.29, 0.717) is 6.10 Å². The standard InChI is InChI=1S/C5H10N4OS/c6-4(7)9-5(8)11-2-3-1-10-3/h3H,1-2H2,(H5,6,7,8,9). The Morgan fingerprint density at radius 2 is 2.36 bits per heavy atom.